The molecule has 0 aliphatic heterocycles. The van der Waals surface area contributed by atoms with Crippen LogP contribution in [0.25, 0.3) is 0 Å². The summed E-state index contributed by atoms with van der Waals surface area (Å²) in [6, 6.07) is 0.790. The molecule has 1 rings (SSSR count). The van der Waals surface area contributed by atoms with Crippen molar-refractivity contribution in [2.24, 2.45) is 0 Å². The molecule has 0 aromatic rings. The molecule has 15 heavy (non-hydrogen) atoms. The molecule has 2 heteroatoms. The molecule has 1 N–H and O–H groups in total. The van der Waals surface area contributed by atoms with Crippen molar-refractivity contribution in [2.45, 2.75) is 77.5 Å². The van der Waals surface area contributed by atoms with Crippen molar-refractivity contribution in [3.63, 3.8) is 0 Å². The van der Waals surface area contributed by atoms with Crippen LogP contribution in [0.3, 0.4) is 0 Å². The molecule has 1 aliphatic rings. The molecule has 1 saturated carbocycles. The zero-order valence-corrected chi connectivity index (χ0v) is 10.8. The lowest BCUT2D eigenvalue weighted by Crippen LogP contribution is -2.37. The first-order chi connectivity index (χ1) is 7.07. The van der Waals surface area contributed by atoms with E-state index in [0.717, 1.165) is 19.0 Å². The van der Waals surface area contributed by atoms with Gasteiger partial charge in [0.25, 0.3) is 0 Å². The largest absolute Gasteiger partial charge is 0.371 e. The van der Waals surface area contributed by atoms with Gasteiger partial charge in [-0.1, -0.05) is 20.3 Å². The summed E-state index contributed by atoms with van der Waals surface area (Å²) in [5, 5.41) is 3.56. The monoisotopic (exact) mass is 213 g/mol. The van der Waals surface area contributed by atoms with E-state index in [-0.39, 0.29) is 5.60 Å². The second-order valence-electron chi connectivity index (χ2n) is 5.32. The van der Waals surface area contributed by atoms with Crippen molar-refractivity contribution in [1.82, 2.24) is 5.32 Å². The average molecular weight is 213 g/mol. The van der Waals surface area contributed by atoms with Crippen molar-refractivity contribution < 1.29 is 4.74 Å². The highest BCUT2D eigenvalue weighted by molar-refractivity contribution is 4.82. The normalized spacial score (nSPS) is 19.2. The predicted molar refractivity (Wildman–Crippen MR) is 65.2 cm³/mol. The van der Waals surface area contributed by atoms with Crippen molar-refractivity contribution >= 4 is 0 Å². The van der Waals surface area contributed by atoms with Crippen LogP contribution in [0.4, 0.5) is 0 Å². The fourth-order valence-electron chi connectivity index (χ4n) is 1.64. The third-order valence-electron chi connectivity index (χ3n) is 3.16. The maximum absolute atomic E-state index is 6.14. The fraction of sp³-hybridized carbons (Fsp3) is 1.00. The Morgan fingerprint density at radius 1 is 1.33 bits per heavy atom. The van der Waals surface area contributed by atoms with Gasteiger partial charge >= 0.3 is 0 Å². The van der Waals surface area contributed by atoms with Crippen LogP contribution in [-0.4, -0.2) is 24.3 Å². The van der Waals surface area contributed by atoms with Crippen LogP contribution in [0.1, 0.15) is 59.8 Å². The van der Waals surface area contributed by atoms with Gasteiger partial charge in [0, 0.05) is 12.6 Å². The smallest absolute Gasteiger partial charge is 0.0706 e. The minimum absolute atomic E-state index is 0.0328. The molecular weight excluding hydrogens is 186 g/mol. The third kappa shape index (κ3) is 5.53. The van der Waals surface area contributed by atoms with Gasteiger partial charge < -0.3 is 10.1 Å². The molecule has 0 aromatic heterocycles. The molecule has 1 aliphatic carbocycles. The number of ether oxygens (including phenoxy) is 1. The molecule has 2 nitrogen and oxygen atoms in total. The van der Waals surface area contributed by atoms with Crippen molar-refractivity contribution in [3.05, 3.63) is 0 Å². The summed E-state index contributed by atoms with van der Waals surface area (Å²) in [6.07, 6.45) is 6.56. The Morgan fingerprint density at radius 3 is 2.47 bits per heavy atom. The highest BCUT2D eigenvalue weighted by atomic mass is 16.5. The van der Waals surface area contributed by atoms with E-state index in [2.05, 4.69) is 33.0 Å². The summed E-state index contributed by atoms with van der Waals surface area (Å²) < 4.78 is 6.14. The first-order valence-corrected chi connectivity index (χ1v) is 6.48. The molecule has 0 bridgehead atoms. The number of hydrogen-bond acceptors (Lipinski definition) is 2. The van der Waals surface area contributed by atoms with Crippen LogP contribution >= 0.6 is 0 Å². The fourth-order valence-corrected chi connectivity index (χ4v) is 1.64. The maximum atomic E-state index is 6.14. The highest BCUT2D eigenvalue weighted by Gasteiger charge is 2.25. The van der Waals surface area contributed by atoms with Crippen LogP contribution in [-0.2, 0) is 4.74 Å². The summed E-state index contributed by atoms with van der Waals surface area (Å²) in [4.78, 5) is 0. The van der Waals surface area contributed by atoms with E-state index in [4.69, 9.17) is 4.74 Å². The molecule has 1 unspecified atom stereocenters. The lowest BCUT2D eigenvalue weighted by molar-refractivity contribution is -0.0753. The Hall–Kier alpha value is -0.0800. The first kappa shape index (κ1) is 13.0. The zero-order chi connectivity index (χ0) is 11.3. The van der Waals surface area contributed by atoms with Gasteiger partial charge in [-0.25, -0.2) is 0 Å². The lowest BCUT2D eigenvalue weighted by Gasteiger charge is -2.30. The van der Waals surface area contributed by atoms with Gasteiger partial charge in [-0.3, -0.25) is 0 Å². The molecule has 1 fully saturated rings. The minimum Gasteiger partial charge on any atom is -0.371 e. The standard InChI is InChI=1S/C13H27NO/c1-5-7-12(10-14-11-8-9-11)15-13(3,4)6-2/h11-12,14H,5-10H2,1-4H3. The SMILES string of the molecule is CCCC(CNC1CC1)OC(C)(C)CC. The van der Waals surface area contributed by atoms with Gasteiger partial charge in [-0.15, -0.1) is 0 Å². The highest BCUT2D eigenvalue weighted by Crippen LogP contribution is 2.21. The Morgan fingerprint density at radius 2 is 2.00 bits per heavy atom. The second-order valence-corrected chi connectivity index (χ2v) is 5.32. The summed E-state index contributed by atoms with van der Waals surface area (Å²) in [6.45, 7) is 9.82. The van der Waals surface area contributed by atoms with E-state index < -0.39 is 0 Å². The molecule has 1 atom stereocenters. The van der Waals surface area contributed by atoms with Gasteiger partial charge in [0.05, 0.1) is 11.7 Å². The summed E-state index contributed by atoms with van der Waals surface area (Å²) in [7, 11) is 0. The number of rotatable bonds is 8. The average Bonchev–Trinajstić information content (AvgIpc) is 2.98. The van der Waals surface area contributed by atoms with Gasteiger partial charge in [0.2, 0.25) is 0 Å². The second kappa shape index (κ2) is 5.86. The van der Waals surface area contributed by atoms with E-state index in [9.17, 15) is 0 Å². The Labute approximate surface area is 94.8 Å². The van der Waals surface area contributed by atoms with Crippen molar-refractivity contribution in [1.29, 1.82) is 0 Å². The van der Waals surface area contributed by atoms with Crippen molar-refractivity contribution in [3.8, 4) is 0 Å². The van der Waals surface area contributed by atoms with E-state index in [1.807, 2.05) is 0 Å². The molecule has 0 amide bonds. The number of nitrogens with one attached hydrogen (secondary N) is 1. The molecule has 0 saturated heterocycles. The van der Waals surface area contributed by atoms with Crippen LogP contribution < -0.4 is 5.32 Å². The topological polar surface area (TPSA) is 21.3 Å². The first-order valence-electron chi connectivity index (χ1n) is 6.48. The van der Waals surface area contributed by atoms with Gasteiger partial charge in [0.15, 0.2) is 0 Å². The van der Waals surface area contributed by atoms with Gasteiger partial charge in [0.1, 0.15) is 0 Å². The summed E-state index contributed by atoms with van der Waals surface area (Å²) in [5.74, 6) is 0. The molecule has 0 spiro atoms. The van der Waals surface area contributed by atoms with Crippen LogP contribution in [0.5, 0.6) is 0 Å². The summed E-state index contributed by atoms with van der Waals surface area (Å²) >= 11 is 0. The quantitative estimate of drug-likeness (QED) is 0.669. The summed E-state index contributed by atoms with van der Waals surface area (Å²) in [5.41, 5.74) is 0.0328. The minimum atomic E-state index is 0.0328. The predicted octanol–water partition coefficient (Wildman–Crippen LogP) is 3.11. The Bertz CT molecular complexity index is 175. The van der Waals surface area contributed by atoms with Crippen LogP contribution in [0, 0.1) is 0 Å². The van der Waals surface area contributed by atoms with E-state index >= 15 is 0 Å². The van der Waals surface area contributed by atoms with E-state index in [0.29, 0.717) is 6.10 Å². The molecule has 0 radical (unpaired) electrons. The number of hydrogen-bond donors (Lipinski definition) is 1. The van der Waals surface area contributed by atoms with Crippen LogP contribution in [0.15, 0.2) is 0 Å². The Balaban J connectivity index is 2.27. The van der Waals surface area contributed by atoms with Crippen molar-refractivity contribution in [2.75, 3.05) is 6.54 Å². The van der Waals surface area contributed by atoms with Crippen LogP contribution in [0.2, 0.25) is 0 Å². The third-order valence-corrected chi connectivity index (χ3v) is 3.16. The Kier molecular flexibility index (Phi) is 5.07. The maximum Gasteiger partial charge on any atom is 0.0706 e. The molecule has 90 valence electrons. The molecule has 0 aromatic carbocycles. The molecular formula is C13H27NO. The lowest BCUT2D eigenvalue weighted by atomic mass is 10.1. The zero-order valence-electron chi connectivity index (χ0n) is 10.8. The van der Waals surface area contributed by atoms with E-state index in [1.54, 1.807) is 0 Å². The van der Waals surface area contributed by atoms with Gasteiger partial charge in [-0.05, 0) is 39.5 Å². The molecule has 0 heterocycles. The van der Waals surface area contributed by atoms with Gasteiger partial charge in [-0.2, -0.15) is 0 Å². The van der Waals surface area contributed by atoms with E-state index in [1.165, 1.54) is 25.7 Å².